The molecule has 8 heteroatoms. The first-order valence-electron chi connectivity index (χ1n) is 5.21. The van der Waals surface area contributed by atoms with Gasteiger partial charge in [-0.25, -0.2) is 13.4 Å². The fourth-order valence-electron chi connectivity index (χ4n) is 1.66. The van der Waals surface area contributed by atoms with Gasteiger partial charge in [-0.05, 0) is 12.1 Å². The van der Waals surface area contributed by atoms with Crippen LogP contribution >= 0.6 is 23.2 Å². The molecule has 1 aliphatic heterocycles. The molecule has 5 nitrogen and oxygen atoms in total. The van der Waals surface area contributed by atoms with Crippen molar-refractivity contribution in [2.75, 3.05) is 24.6 Å². The fourth-order valence-corrected chi connectivity index (χ4v) is 3.28. The van der Waals surface area contributed by atoms with E-state index in [9.17, 15) is 13.2 Å². The van der Waals surface area contributed by atoms with Crippen LogP contribution in [0.5, 0.6) is 0 Å². The van der Waals surface area contributed by atoms with Gasteiger partial charge in [0.2, 0.25) is 0 Å². The minimum Gasteiger partial charge on any atom is -0.337 e. The van der Waals surface area contributed by atoms with E-state index in [0.29, 0.717) is 0 Å². The number of carbonyl (C=O) groups is 1. The molecule has 1 fully saturated rings. The van der Waals surface area contributed by atoms with Crippen LogP contribution in [0.25, 0.3) is 0 Å². The van der Waals surface area contributed by atoms with Crippen LogP contribution in [-0.4, -0.2) is 48.8 Å². The first-order chi connectivity index (χ1) is 8.39. The molecule has 0 N–H and O–H groups in total. The number of amides is 1. The maximum absolute atomic E-state index is 12.1. The third-order valence-corrected chi connectivity index (χ3v) is 4.78. The zero-order valence-electron chi connectivity index (χ0n) is 9.27. The molecule has 1 amide bonds. The Bertz CT molecular complexity index is 575. The molecule has 0 aliphatic carbocycles. The van der Waals surface area contributed by atoms with Gasteiger partial charge in [0.15, 0.2) is 9.84 Å². The molecule has 1 aromatic heterocycles. The number of carbonyl (C=O) groups excluding carboxylic acids is 1. The second-order valence-electron chi connectivity index (χ2n) is 3.92. The summed E-state index contributed by atoms with van der Waals surface area (Å²) in [7, 11) is -3.01. The fraction of sp³-hybridized carbons (Fsp3) is 0.400. The van der Waals surface area contributed by atoms with E-state index in [1.807, 2.05) is 0 Å². The van der Waals surface area contributed by atoms with Crippen molar-refractivity contribution in [2.24, 2.45) is 0 Å². The van der Waals surface area contributed by atoms with Crippen LogP contribution < -0.4 is 0 Å². The first-order valence-corrected chi connectivity index (χ1v) is 7.78. The molecule has 18 heavy (non-hydrogen) atoms. The van der Waals surface area contributed by atoms with Gasteiger partial charge in [0, 0.05) is 13.1 Å². The molecule has 0 atom stereocenters. The van der Waals surface area contributed by atoms with E-state index in [1.54, 1.807) is 0 Å². The lowest BCUT2D eigenvalue weighted by atomic mass is 10.2. The molecule has 0 aromatic carbocycles. The zero-order valence-corrected chi connectivity index (χ0v) is 11.6. The largest absolute Gasteiger partial charge is 0.337 e. The van der Waals surface area contributed by atoms with Crippen molar-refractivity contribution in [3.63, 3.8) is 0 Å². The number of sulfone groups is 1. The van der Waals surface area contributed by atoms with Crippen LogP contribution in [0.1, 0.15) is 10.4 Å². The van der Waals surface area contributed by atoms with Crippen molar-refractivity contribution in [3.05, 3.63) is 28.0 Å². The molecule has 1 aromatic rings. The molecule has 0 radical (unpaired) electrons. The van der Waals surface area contributed by atoms with Crippen LogP contribution in [0.2, 0.25) is 10.3 Å². The number of hydrogen-bond donors (Lipinski definition) is 0. The van der Waals surface area contributed by atoms with E-state index in [4.69, 9.17) is 23.2 Å². The summed E-state index contributed by atoms with van der Waals surface area (Å²) in [4.78, 5) is 17.3. The quantitative estimate of drug-likeness (QED) is 0.733. The van der Waals surface area contributed by atoms with Gasteiger partial charge in [0.25, 0.3) is 5.91 Å². The number of pyridine rings is 1. The third kappa shape index (κ3) is 2.93. The summed E-state index contributed by atoms with van der Waals surface area (Å²) in [5.74, 6) is -0.353. The average molecular weight is 309 g/mol. The van der Waals surface area contributed by atoms with Crippen LogP contribution in [0.3, 0.4) is 0 Å². The second kappa shape index (κ2) is 5.03. The van der Waals surface area contributed by atoms with Gasteiger partial charge in [-0.15, -0.1) is 0 Å². The van der Waals surface area contributed by atoms with Gasteiger partial charge in [0.1, 0.15) is 10.3 Å². The van der Waals surface area contributed by atoms with Crippen molar-refractivity contribution in [3.8, 4) is 0 Å². The van der Waals surface area contributed by atoms with E-state index in [-0.39, 0.29) is 46.4 Å². The Kier molecular flexibility index (Phi) is 3.79. The van der Waals surface area contributed by atoms with Crippen LogP contribution in [0.15, 0.2) is 12.1 Å². The molecule has 2 heterocycles. The molecule has 2 rings (SSSR count). The molecule has 0 spiro atoms. The number of hydrogen-bond acceptors (Lipinski definition) is 4. The number of aromatic nitrogens is 1. The summed E-state index contributed by atoms with van der Waals surface area (Å²) in [6.45, 7) is 0.361. The minimum atomic E-state index is -3.01. The first kappa shape index (κ1) is 13.6. The van der Waals surface area contributed by atoms with Gasteiger partial charge >= 0.3 is 0 Å². The topological polar surface area (TPSA) is 67.3 Å². The monoisotopic (exact) mass is 308 g/mol. The van der Waals surface area contributed by atoms with Gasteiger partial charge in [-0.1, -0.05) is 23.2 Å². The Balaban J connectivity index is 2.17. The highest BCUT2D eigenvalue weighted by Crippen LogP contribution is 2.19. The lowest BCUT2D eigenvalue weighted by Gasteiger charge is -2.26. The van der Waals surface area contributed by atoms with E-state index in [2.05, 4.69) is 4.98 Å². The van der Waals surface area contributed by atoms with Crippen LogP contribution in [0.4, 0.5) is 0 Å². The Morgan fingerprint density at radius 3 is 2.39 bits per heavy atom. The summed E-state index contributed by atoms with van der Waals surface area (Å²) in [6.07, 6.45) is 0. The molecule has 1 aliphatic rings. The molecule has 1 saturated heterocycles. The SMILES string of the molecule is O=C(c1ccc(Cl)nc1Cl)N1CCS(=O)(=O)CC1. The van der Waals surface area contributed by atoms with Crippen molar-refractivity contribution >= 4 is 38.9 Å². The zero-order chi connectivity index (χ0) is 13.3. The van der Waals surface area contributed by atoms with Gasteiger partial charge in [-0.2, -0.15) is 0 Å². The Morgan fingerprint density at radius 2 is 1.83 bits per heavy atom. The Hall–Kier alpha value is -0.850. The molecule has 0 unspecified atom stereocenters. The van der Waals surface area contributed by atoms with Crippen molar-refractivity contribution in [1.29, 1.82) is 0 Å². The maximum atomic E-state index is 12.1. The lowest BCUT2D eigenvalue weighted by Crippen LogP contribution is -2.43. The van der Waals surface area contributed by atoms with E-state index in [0.717, 1.165) is 0 Å². The summed E-state index contributed by atoms with van der Waals surface area (Å²) in [5.41, 5.74) is 0.236. The predicted octanol–water partition coefficient (Wildman–Crippen LogP) is 1.26. The highest BCUT2D eigenvalue weighted by molar-refractivity contribution is 7.91. The van der Waals surface area contributed by atoms with Crippen LogP contribution in [0, 0.1) is 0 Å². The van der Waals surface area contributed by atoms with Gasteiger partial charge in [-0.3, -0.25) is 4.79 Å². The van der Waals surface area contributed by atoms with Crippen LogP contribution in [-0.2, 0) is 9.84 Å². The minimum absolute atomic E-state index is 0.0165. The van der Waals surface area contributed by atoms with Gasteiger partial charge < -0.3 is 4.90 Å². The standard InChI is InChI=1S/C10H10Cl2N2O3S/c11-8-2-1-7(9(12)13-8)10(15)14-3-5-18(16,17)6-4-14/h1-2H,3-6H2. The Labute approximate surface area is 115 Å². The van der Waals surface area contributed by atoms with Crippen molar-refractivity contribution in [1.82, 2.24) is 9.88 Å². The highest BCUT2D eigenvalue weighted by atomic mass is 35.5. The number of rotatable bonds is 1. The third-order valence-electron chi connectivity index (χ3n) is 2.68. The predicted molar refractivity (Wildman–Crippen MR) is 68.8 cm³/mol. The summed E-state index contributed by atoms with van der Waals surface area (Å²) < 4.78 is 22.5. The summed E-state index contributed by atoms with van der Waals surface area (Å²) >= 11 is 11.5. The van der Waals surface area contributed by atoms with E-state index < -0.39 is 9.84 Å². The van der Waals surface area contributed by atoms with Crippen molar-refractivity contribution < 1.29 is 13.2 Å². The Morgan fingerprint density at radius 1 is 1.22 bits per heavy atom. The molecule has 98 valence electrons. The normalized spacial score (nSPS) is 18.7. The van der Waals surface area contributed by atoms with Crippen molar-refractivity contribution in [2.45, 2.75) is 0 Å². The van der Waals surface area contributed by atoms with E-state index in [1.165, 1.54) is 17.0 Å². The van der Waals surface area contributed by atoms with Gasteiger partial charge in [0.05, 0.1) is 17.1 Å². The summed E-state index contributed by atoms with van der Waals surface area (Å²) in [6, 6.07) is 2.96. The smallest absolute Gasteiger partial charge is 0.257 e. The number of halogens is 2. The molecular formula is C10H10Cl2N2O3S. The maximum Gasteiger partial charge on any atom is 0.257 e. The molecule has 0 bridgehead atoms. The molecular weight excluding hydrogens is 299 g/mol. The van der Waals surface area contributed by atoms with E-state index >= 15 is 0 Å². The highest BCUT2D eigenvalue weighted by Gasteiger charge is 2.27. The average Bonchev–Trinajstić information content (AvgIpc) is 2.28. The molecule has 0 saturated carbocycles. The number of nitrogens with zero attached hydrogens (tertiary/aromatic N) is 2. The summed E-state index contributed by atoms with van der Waals surface area (Å²) in [5, 5.41) is 0.235. The second-order valence-corrected chi connectivity index (χ2v) is 6.97. The lowest BCUT2D eigenvalue weighted by molar-refractivity contribution is 0.0770.